The Hall–Kier alpha value is -3.24. The van der Waals surface area contributed by atoms with Crippen molar-refractivity contribution in [3.05, 3.63) is 138 Å². The van der Waals surface area contributed by atoms with Crippen LogP contribution in [0.15, 0.2) is 138 Å². The lowest BCUT2D eigenvalue weighted by molar-refractivity contribution is -0.116. The molecule has 0 spiro atoms. The topological polar surface area (TPSA) is 17.1 Å². The SMILES string of the molecule is Br.CC(C)=CC#C/C(C)=C/C=C1\C(C)=CC(=O)CC1(C)C.c1ccc(P(c2ccccc2)c2ccccc2)cc1. The fourth-order valence-corrected chi connectivity index (χ4v) is 6.82. The van der Waals surface area contributed by atoms with Gasteiger partial charge >= 0.3 is 0 Å². The standard InChI is InChI=1S/C19H24O.C18H15P.BrH/c1-14(2)8-7-9-15(3)10-11-18-16(4)12-17(20)13-19(18,5)6;1-4-10-16(11-5-1)19(17-12-6-2-7-13-17)18-14-8-3-9-15-18;/h8,10-12H,13H2,1-6H3;1-15H;1H/b15-10+,18-11+;;. The zero-order valence-electron chi connectivity index (χ0n) is 24.4. The van der Waals surface area contributed by atoms with Gasteiger partial charge in [-0.25, -0.2) is 0 Å². The number of halogens is 1. The molecule has 0 bridgehead atoms. The Morgan fingerprint density at radius 2 is 1.25 bits per heavy atom. The van der Waals surface area contributed by atoms with E-state index in [1.807, 2.05) is 39.8 Å². The van der Waals surface area contributed by atoms with Crippen molar-refractivity contribution in [1.29, 1.82) is 0 Å². The third-order valence-electron chi connectivity index (χ3n) is 6.32. The van der Waals surface area contributed by atoms with Crippen LogP contribution in [-0.2, 0) is 4.79 Å². The third kappa shape index (κ3) is 10.1. The number of carbonyl (C=O) groups excluding carboxylic acids is 1. The maximum Gasteiger partial charge on any atom is 0.156 e. The average Bonchev–Trinajstić information content (AvgIpc) is 2.90. The van der Waals surface area contributed by atoms with E-state index in [9.17, 15) is 4.79 Å². The van der Waals surface area contributed by atoms with E-state index in [1.54, 1.807) is 6.08 Å². The Kier molecular flexibility index (Phi) is 13.3. The van der Waals surface area contributed by atoms with Gasteiger partial charge in [0, 0.05) is 6.42 Å². The van der Waals surface area contributed by atoms with E-state index in [0.29, 0.717) is 6.42 Å². The molecule has 206 valence electrons. The Morgan fingerprint density at radius 1 is 0.800 bits per heavy atom. The highest BCUT2D eigenvalue weighted by Crippen LogP contribution is 2.39. The van der Waals surface area contributed by atoms with Crippen molar-refractivity contribution >= 4 is 46.6 Å². The molecular formula is C37H40BrOP. The van der Waals surface area contributed by atoms with Crippen LogP contribution < -0.4 is 15.9 Å². The van der Waals surface area contributed by atoms with Gasteiger partial charge in [0.25, 0.3) is 0 Å². The van der Waals surface area contributed by atoms with E-state index < -0.39 is 7.92 Å². The van der Waals surface area contributed by atoms with Crippen LogP contribution in [0.4, 0.5) is 0 Å². The number of carbonyl (C=O) groups is 1. The Balaban J connectivity index is 0.000000273. The summed E-state index contributed by atoms with van der Waals surface area (Å²) in [5, 5.41) is 4.19. The molecule has 0 radical (unpaired) electrons. The molecule has 0 heterocycles. The summed E-state index contributed by atoms with van der Waals surface area (Å²) in [5.74, 6) is 6.36. The van der Waals surface area contributed by atoms with Crippen LogP contribution in [0.3, 0.4) is 0 Å². The summed E-state index contributed by atoms with van der Waals surface area (Å²) in [4.78, 5) is 11.6. The van der Waals surface area contributed by atoms with Gasteiger partial charge in [-0.15, -0.1) is 17.0 Å². The minimum absolute atomic E-state index is 0. The Morgan fingerprint density at radius 3 is 1.65 bits per heavy atom. The van der Waals surface area contributed by atoms with Gasteiger partial charge in [-0.2, -0.15) is 0 Å². The largest absolute Gasteiger partial charge is 0.295 e. The van der Waals surface area contributed by atoms with Crippen molar-refractivity contribution in [3.63, 3.8) is 0 Å². The highest BCUT2D eigenvalue weighted by Gasteiger charge is 2.30. The highest BCUT2D eigenvalue weighted by atomic mass is 79.9. The van der Waals surface area contributed by atoms with E-state index in [2.05, 4.69) is 123 Å². The van der Waals surface area contributed by atoms with Crippen LogP contribution in [0.25, 0.3) is 0 Å². The molecule has 0 saturated carbocycles. The highest BCUT2D eigenvalue weighted by molar-refractivity contribution is 8.93. The summed E-state index contributed by atoms with van der Waals surface area (Å²) >= 11 is 0. The van der Waals surface area contributed by atoms with E-state index >= 15 is 0 Å². The summed E-state index contributed by atoms with van der Waals surface area (Å²) in [7, 11) is -0.446. The number of benzene rings is 3. The summed E-state index contributed by atoms with van der Waals surface area (Å²) in [5.41, 5.74) is 4.41. The zero-order valence-corrected chi connectivity index (χ0v) is 27.0. The van der Waals surface area contributed by atoms with Gasteiger partial charge in [0.2, 0.25) is 0 Å². The molecule has 0 N–H and O–H groups in total. The molecule has 4 rings (SSSR count). The van der Waals surface area contributed by atoms with Crippen molar-refractivity contribution < 1.29 is 4.79 Å². The average molecular weight is 612 g/mol. The van der Waals surface area contributed by atoms with Gasteiger partial charge in [0.15, 0.2) is 5.78 Å². The van der Waals surface area contributed by atoms with E-state index in [0.717, 1.165) is 11.1 Å². The first kappa shape index (κ1) is 33.0. The molecule has 0 aliphatic heterocycles. The lowest BCUT2D eigenvalue weighted by atomic mass is 9.72. The molecule has 1 nitrogen and oxygen atoms in total. The predicted molar refractivity (Wildman–Crippen MR) is 182 cm³/mol. The minimum Gasteiger partial charge on any atom is -0.295 e. The number of allylic oxidation sites excluding steroid dienone is 8. The third-order valence-corrected chi connectivity index (χ3v) is 8.76. The first-order valence-electron chi connectivity index (χ1n) is 13.4. The molecule has 0 atom stereocenters. The lowest BCUT2D eigenvalue weighted by Gasteiger charge is -2.31. The van der Waals surface area contributed by atoms with Gasteiger partial charge in [-0.1, -0.05) is 134 Å². The van der Waals surface area contributed by atoms with Crippen LogP contribution in [0, 0.1) is 17.3 Å². The van der Waals surface area contributed by atoms with Crippen LogP contribution >= 0.6 is 24.9 Å². The number of hydrogen-bond acceptors (Lipinski definition) is 1. The Labute approximate surface area is 253 Å². The molecule has 0 saturated heterocycles. The fraction of sp³-hybridized carbons (Fsp3) is 0.216. The number of rotatable bonds is 4. The second-order valence-electron chi connectivity index (χ2n) is 10.6. The first-order valence-corrected chi connectivity index (χ1v) is 14.7. The smallest absolute Gasteiger partial charge is 0.156 e. The molecule has 0 unspecified atom stereocenters. The molecular weight excluding hydrogens is 571 g/mol. The fourth-order valence-electron chi connectivity index (χ4n) is 4.51. The molecule has 1 aliphatic rings. The van der Waals surface area contributed by atoms with Crippen LogP contribution in [0.1, 0.15) is 48.0 Å². The lowest BCUT2D eigenvalue weighted by Crippen LogP contribution is -2.24. The van der Waals surface area contributed by atoms with Crippen molar-refractivity contribution in [2.24, 2.45) is 5.41 Å². The van der Waals surface area contributed by atoms with E-state index in [-0.39, 0.29) is 28.2 Å². The molecule has 0 amide bonds. The summed E-state index contributed by atoms with van der Waals surface area (Å²) in [6, 6.07) is 32.3. The molecule has 3 aromatic carbocycles. The van der Waals surface area contributed by atoms with Crippen LogP contribution in [0.5, 0.6) is 0 Å². The summed E-state index contributed by atoms with van der Waals surface area (Å²) in [6.45, 7) is 12.3. The van der Waals surface area contributed by atoms with Crippen molar-refractivity contribution in [1.82, 2.24) is 0 Å². The minimum atomic E-state index is -0.446. The van der Waals surface area contributed by atoms with Gasteiger partial charge in [-0.3, -0.25) is 4.79 Å². The zero-order chi connectivity index (χ0) is 28.3. The second kappa shape index (κ2) is 16.1. The summed E-state index contributed by atoms with van der Waals surface area (Å²) < 4.78 is 0. The van der Waals surface area contributed by atoms with Crippen molar-refractivity contribution in [2.45, 2.75) is 48.0 Å². The molecule has 1 aliphatic carbocycles. The molecule has 40 heavy (non-hydrogen) atoms. The van der Waals surface area contributed by atoms with E-state index in [1.165, 1.54) is 27.1 Å². The van der Waals surface area contributed by atoms with Gasteiger partial charge < -0.3 is 0 Å². The maximum atomic E-state index is 11.6. The second-order valence-corrected chi connectivity index (χ2v) is 12.8. The van der Waals surface area contributed by atoms with E-state index in [4.69, 9.17) is 0 Å². The normalized spacial score (nSPS) is 15.1. The van der Waals surface area contributed by atoms with Crippen molar-refractivity contribution in [3.8, 4) is 11.8 Å². The predicted octanol–water partition coefficient (Wildman–Crippen LogP) is 8.80. The quantitative estimate of drug-likeness (QED) is 0.213. The maximum absolute atomic E-state index is 11.6. The van der Waals surface area contributed by atoms with Gasteiger partial charge in [0.1, 0.15) is 0 Å². The van der Waals surface area contributed by atoms with Gasteiger partial charge in [-0.05, 0) is 85.8 Å². The van der Waals surface area contributed by atoms with Crippen LogP contribution in [-0.4, -0.2) is 5.78 Å². The number of hydrogen-bond donors (Lipinski definition) is 0. The molecule has 0 fully saturated rings. The Bertz CT molecular complexity index is 1340. The monoisotopic (exact) mass is 610 g/mol. The molecule has 3 heteroatoms. The number of ketones is 1. The summed E-state index contributed by atoms with van der Waals surface area (Å²) in [6.07, 6.45) is 8.38. The molecule has 0 aromatic heterocycles. The molecule has 3 aromatic rings. The van der Waals surface area contributed by atoms with Crippen molar-refractivity contribution in [2.75, 3.05) is 0 Å². The van der Waals surface area contributed by atoms with Crippen LogP contribution in [0.2, 0.25) is 0 Å². The first-order chi connectivity index (χ1) is 18.7. The van der Waals surface area contributed by atoms with Gasteiger partial charge in [0.05, 0.1) is 0 Å².